The number of hydrogen-bond donors (Lipinski definition) is 1. The lowest BCUT2D eigenvalue weighted by Crippen LogP contribution is -2.12. The maximum absolute atomic E-state index is 12.2. The molecule has 6 nitrogen and oxygen atoms in total. The maximum atomic E-state index is 12.2. The Kier molecular flexibility index (Phi) is 6.33. The monoisotopic (exact) mass is 329 g/mol. The summed E-state index contributed by atoms with van der Waals surface area (Å²) in [6, 6.07) is 13.3. The number of nitrogens with one attached hydrogen (secondary N) is 1. The lowest BCUT2D eigenvalue weighted by Gasteiger charge is -2.08. The Balaban J connectivity index is 1.95. The molecule has 0 atom stereocenters. The van der Waals surface area contributed by atoms with Crippen LogP contribution in [0.25, 0.3) is 0 Å². The standard InChI is InChI=1S/C18H19NO5/c1-22-11-12-24-16-9-5-13(6-10-16)17(20)19-15-7-3-14(4-8-15)18(21)23-2/h3-10H,11-12H2,1-2H3,(H,19,20). The Morgan fingerprint density at radius 2 is 1.50 bits per heavy atom. The zero-order valence-corrected chi connectivity index (χ0v) is 13.6. The Morgan fingerprint density at radius 1 is 0.875 bits per heavy atom. The van der Waals surface area contributed by atoms with E-state index in [0.29, 0.717) is 35.8 Å². The summed E-state index contributed by atoms with van der Waals surface area (Å²) in [5.41, 5.74) is 1.52. The van der Waals surface area contributed by atoms with Crippen molar-refractivity contribution in [2.24, 2.45) is 0 Å². The van der Waals surface area contributed by atoms with Crippen LogP contribution in [0.2, 0.25) is 0 Å². The van der Waals surface area contributed by atoms with Crippen molar-refractivity contribution in [3.8, 4) is 5.75 Å². The van der Waals surface area contributed by atoms with Gasteiger partial charge in [-0.3, -0.25) is 4.79 Å². The summed E-state index contributed by atoms with van der Waals surface area (Å²) in [6.45, 7) is 0.957. The number of benzene rings is 2. The van der Waals surface area contributed by atoms with Crippen LogP contribution < -0.4 is 10.1 Å². The summed E-state index contributed by atoms with van der Waals surface area (Å²) < 4.78 is 15.0. The molecule has 0 unspecified atom stereocenters. The molecule has 0 spiro atoms. The van der Waals surface area contributed by atoms with Crippen molar-refractivity contribution in [3.63, 3.8) is 0 Å². The van der Waals surface area contributed by atoms with Crippen LogP contribution >= 0.6 is 0 Å². The number of anilines is 1. The lowest BCUT2D eigenvalue weighted by molar-refractivity contribution is 0.0600. The van der Waals surface area contributed by atoms with Crippen LogP contribution in [0.1, 0.15) is 20.7 Å². The summed E-state index contributed by atoms with van der Waals surface area (Å²) in [5, 5.41) is 2.76. The second-order valence-corrected chi connectivity index (χ2v) is 4.89. The molecule has 0 aliphatic rings. The van der Waals surface area contributed by atoms with E-state index >= 15 is 0 Å². The molecule has 2 rings (SSSR count). The van der Waals surface area contributed by atoms with Gasteiger partial charge in [0.05, 0.1) is 19.3 Å². The van der Waals surface area contributed by atoms with E-state index in [1.165, 1.54) is 7.11 Å². The topological polar surface area (TPSA) is 73.9 Å². The third kappa shape index (κ3) is 4.82. The van der Waals surface area contributed by atoms with Crippen molar-refractivity contribution in [1.29, 1.82) is 0 Å². The lowest BCUT2D eigenvalue weighted by atomic mass is 10.1. The Labute approximate surface area is 140 Å². The number of rotatable bonds is 7. The molecule has 2 aromatic rings. The van der Waals surface area contributed by atoms with Crippen LogP contribution in [0.5, 0.6) is 5.75 Å². The molecular formula is C18H19NO5. The Morgan fingerprint density at radius 3 is 2.08 bits per heavy atom. The fraction of sp³-hybridized carbons (Fsp3) is 0.222. The second-order valence-electron chi connectivity index (χ2n) is 4.89. The zero-order chi connectivity index (χ0) is 17.4. The molecule has 2 aromatic carbocycles. The van der Waals surface area contributed by atoms with Crippen LogP contribution in [-0.4, -0.2) is 39.3 Å². The highest BCUT2D eigenvalue weighted by atomic mass is 16.5. The first kappa shape index (κ1) is 17.5. The molecule has 0 saturated heterocycles. The van der Waals surface area contributed by atoms with Crippen molar-refractivity contribution in [1.82, 2.24) is 0 Å². The number of ether oxygens (including phenoxy) is 3. The van der Waals surface area contributed by atoms with E-state index < -0.39 is 5.97 Å². The number of esters is 1. The largest absolute Gasteiger partial charge is 0.491 e. The van der Waals surface area contributed by atoms with Gasteiger partial charge in [0, 0.05) is 18.4 Å². The van der Waals surface area contributed by atoms with E-state index in [1.807, 2.05) is 0 Å². The minimum Gasteiger partial charge on any atom is -0.491 e. The second kappa shape index (κ2) is 8.69. The van der Waals surface area contributed by atoms with Crippen LogP contribution in [0.3, 0.4) is 0 Å². The average molecular weight is 329 g/mol. The first-order valence-electron chi connectivity index (χ1n) is 7.35. The normalized spacial score (nSPS) is 10.1. The van der Waals surface area contributed by atoms with E-state index in [1.54, 1.807) is 55.6 Å². The molecule has 6 heteroatoms. The molecule has 0 aromatic heterocycles. The Hall–Kier alpha value is -2.86. The SMILES string of the molecule is COCCOc1ccc(C(=O)Nc2ccc(C(=O)OC)cc2)cc1. The number of hydrogen-bond acceptors (Lipinski definition) is 5. The number of carbonyl (C=O) groups is 2. The van der Waals surface area contributed by atoms with Gasteiger partial charge in [0.1, 0.15) is 12.4 Å². The average Bonchev–Trinajstić information content (AvgIpc) is 2.62. The maximum Gasteiger partial charge on any atom is 0.337 e. The van der Waals surface area contributed by atoms with Gasteiger partial charge in [-0.1, -0.05) is 0 Å². The number of methoxy groups -OCH3 is 2. The van der Waals surface area contributed by atoms with E-state index in [2.05, 4.69) is 10.1 Å². The van der Waals surface area contributed by atoms with Gasteiger partial charge in [0.15, 0.2) is 0 Å². The molecule has 126 valence electrons. The third-order valence-electron chi connectivity index (χ3n) is 3.24. The zero-order valence-electron chi connectivity index (χ0n) is 13.6. The molecular weight excluding hydrogens is 310 g/mol. The van der Waals surface area contributed by atoms with Gasteiger partial charge in [-0.15, -0.1) is 0 Å². The van der Waals surface area contributed by atoms with Crippen LogP contribution in [0.15, 0.2) is 48.5 Å². The smallest absolute Gasteiger partial charge is 0.337 e. The van der Waals surface area contributed by atoms with Gasteiger partial charge in [0.25, 0.3) is 5.91 Å². The predicted octanol–water partition coefficient (Wildman–Crippen LogP) is 2.75. The van der Waals surface area contributed by atoms with Crippen molar-refractivity contribution >= 4 is 17.6 Å². The van der Waals surface area contributed by atoms with Crippen molar-refractivity contribution in [3.05, 3.63) is 59.7 Å². The summed E-state index contributed by atoms with van der Waals surface area (Å²) in [4.78, 5) is 23.6. The van der Waals surface area contributed by atoms with E-state index in [-0.39, 0.29) is 5.91 Å². The fourth-order valence-corrected chi connectivity index (χ4v) is 1.96. The van der Waals surface area contributed by atoms with E-state index in [9.17, 15) is 9.59 Å². The van der Waals surface area contributed by atoms with E-state index in [4.69, 9.17) is 9.47 Å². The van der Waals surface area contributed by atoms with Gasteiger partial charge in [-0.2, -0.15) is 0 Å². The molecule has 0 saturated carbocycles. The van der Waals surface area contributed by atoms with E-state index in [0.717, 1.165) is 0 Å². The molecule has 1 amide bonds. The number of carbonyl (C=O) groups excluding carboxylic acids is 2. The molecule has 0 radical (unpaired) electrons. The highest BCUT2D eigenvalue weighted by Gasteiger charge is 2.08. The quantitative estimate of drug-likeness (QED) is 0.624. The summed E-state index contributed by atoms with van der Waals surface area (Å²) >= 11 is 0. The molecule has 0 fully saturated rings. The van der Waals surface area contributed by atoms with Gasteiger partial charge in [-0.05, 0) is 48.5 Å². The van der Waals surface area contributed by atoms with Crippen molar-refractivity contribution < 1.29 is 23.8 Å². The number of amides is 1. The minimum atomic E-state index is -0.420. The molecule has 0 heterocycles. The minimum absolute atomic E-state index is 0.246. The van der Waals surface area contributed by atoms with Crippen molar-refractivity contribution in [2.75, 3.05) is 32.8 Å². The molecule has 0 aliphatic heterocycles. The third-order valence-corrected chi connectivity index (χ3v) is 3.24. The summed E-state index contributed by atoms with van der Waals surface area (Å²) in [5.74, 6) is 0.00669. The molecule has 0 bridgehead atoms. The van der Waals surface area contributed by atoms with Crippen LogP contribution in [-0.2, 0) is 9.47 Å². The highest BCUT2D eigenvalue weighted by Crippen LogP contribution is 2.15. The van der Waals surface area contributed by atoms with Gasteiger partial charge >= 0.3 is 5.97 Å². The molecule has 1 N–H and O–H groups in total. The Bertz CT molecular complexity index is 680. The predicted molar refractivity (Wildman–Crippen MR) is 89.5 cm³/mol. The molecule has 24 heavy (non-hydrogen) atoms. The molecule has 0 aliphatic carbocycles. The van der Waals surface area contributed by atoms with Gasteiger partial charge in [0.2, 0.25) is 0 Å². The first-order valence-corrected chi connectivity index (χ1v) is 7.35. The summed E-state index contributed by atoms with van der Waals surface area (Å²) in [6.07, 6.45) is 0. The first-order chi connectivity index (χ1) is 11.6. The fourth-order valence-electron chi connectivity index (χ4n) is 1.96. The van der Waals surface area contributed by atoms with Crippen LogP contribution in [0, 0.1) is 0 Å². The highest BCUT2D eigenvalue weighted by molar-refractivity contribution is 6.04. The van der Waals surface area contributed by atoms with Gasteiger partial charge in [-0.25, -0.2) is 4.79 Å². The summed E-state index contributed by atoms with van der Waals surface area (Å²) in [7, 11) is 2.93. The van der Waals surface area contributed by atoms with Crippen molar-refractivity contribution in [2.45, 2.75) is 0 Å². The van der Waals surface area contributed by atoms with Crippen LogP contribution in [0.4, 0.5) is 5.69 Å². The van der Waals surface area contributed by atoms with Gasteiger partial charge < -0.3 is 19.5 Å².